The van der Waals surface area contributed by atoms with Gasteiger partial charge in [-0.1, -0.05) is 0 Å². The van der Waals surface area contributed by atoms with Gasteiger partial charge in [0.05, 0.1) is 13.2 Å². The van der Waals surface area contributed by atoms with E-state index in [0.717, 1.165) is 0 Å². The fourth-order valence-electron chi connectivity index (χ4n) is 1.55. The molecule has 0 spiro atoms. The van der Waals surface area contributed by atoms with Crippen molar-refractivity contribution in [2.75, 3.05) is 31.6 Å². The van der Waals surface area contributed by atoms with Gasteiger partial charge in [-0.2, -0.15) is 0 Å². The van der Waals surface area contributed by atoms with E-state index in [2.05, 4.69) is 25.4 Å². The Labute approximate surface area is 139 Å². The molecule has 0 saturated heterocycles. The van der Waals surface area contributed by atoms with Crippen molar-refractivity contribution in [1.82, 2.24) is 10.6 Å². The van der Waals surface area contributed by atoms with Crippen LogP contribution in [0, 0.1) is 0 Å². The molecule has 1 aromatic rings. The van der Waals surface area contributed by atoms with Crippen LogP contribution in [0.25, 0.3) is 0 Å². The molecule has 24 heavy (non-hydrogen) atoms. The molecule has 0 aliphatic rings. The van der Waals surface area contributed by atoms with Crippen LogP contribution in [0.2, 0.25) is 0 Å². The second-order valence-corrected chi connectivity index (χ2v) is 4.34. The monoisotopic (exact) mass is 339 g/mol. The SMILES string of the molecule is CCOC(=O)NCCNC(=O)Nc1ccc(OC(=O)OCC)cc1. The van der Waals surface area contributed by atoms with Crippen LogP contribution < -0.4 is 20.7 Å². The molecule has 1 aromatic carbocycles. The van der Waals surface area contributed by atoms with E-state index in [1.165, 1.54) is 12.1 Å². The van der Waals surface area contributed by atoms with Gasteiger partial charge in [-0.05, 0) is 38.1 Å². The smallest absolute Gasteiger partial charge is 0.450 e. The summed E-state index contributed by atoms with van der Waals surface area (Å²) in [6, 6.07) is 5.76. The highest BCUT2D eigenvalue weighted by molar-refractivity contribution is 5.89. The number of nitrogens with one attached hydrogen (secondary N) is 3. The topological polar surface area (TPSA) is 115 Å². The van der Waals surface area contributed by atoms with E-state index in [4.69, 9.17) is 4.74 Å². The van der Waals surface area contributed by atoms with Crippen molar-refractivity contribution in [2.45, 2.75) is 13.8 Å². The van der Waals surface area contributed by atoms with Gasteiger partial charge in [0.25, 0.3) is 0 Å². The Hall–Kier alpha value is -2.97. The Bertz CT molecular complexity index is 547. The zero-order valence-corrected chi connectivity index (χ0v) is 13.6. The van der Waals surface area contributed by atoms with Crippen molar-refractivity contribution >= 4 is 24.0 Å². The van der Waals surface area contributed by atoms with Gasteiger partial charge in [0.2, 0.25) is 0 Å². The molecule has 1 rings (SSSR count). The minimum absolute atomic E-state index is 0.226. The van der Waals surface area contributed by atoms with E-state index in [1.807, 2.05) is 0 Å². The third-order valence-corrected chi connectivity index (χ3v) is 2.53. The van der Waals surface area contributed by atoms with Gasteiger partial charge in [0, 0.05) is 18.8 Å². The van der Waals surface area contributed by atoms with Crippen LogP contribution in [-0.4, -0.2) is 44.6 Å². The van der Waals surface area contributed by atoms with Gasteiger partial charge in [-0.3, -0.25) is 0 Å². The lowest BCUT2D eigenvalue weighted by Gasteiger charge is -2.09. The van der Waals surface area contributed by atoms with Crippen molar-refractivity contribution in [3.63, 3.8) is 0 Å². The van der Waals surface area contributed by atoms with Crippen molar-refractivity contribution in [3.05, 3.63) is 24.3 Å². The molecule has 0 fully saturated rings. The van der Waals surface area contributed by atoms with E-state index >= 15 is 0 Å². The number of urea groups is 1. The lowest BCUT2D eigenvalue weighted by molar-refractivity contribution is 0.104. The second kappa shape index (κ2) is 10.7. The largest absolute Gasteiger partial charge is 0.513 e. The summed E-state index contributed by atoms with van der Waals surface area (Å²) in [5, 5.41) is 7.64. The molecule has 0 aliphatic heterocycles. The highest BCUT2D eigenvalue weighted by Crippen LogP contribution is 2.16. The second-order valence-electron chi connectivity index (χ2n) is 4.34. The molecule has 132 valence electrons. The van der Waals surface area contributed by atoms with E-state index in [9.17, 15) is 14.4 Å². The Morgan fingerprint density at radius 2 is 1.54 bits per heavy atom. The Morgan fingerprint density at radius 3 is 2.17 bits per heavy atom. The predicted molar refractivity (Wildman–Crippen MR) is 86.1 cm³/mol. The fourth-order valence-corrected chi connectivity index (χ4v) is 1.55. The molecule has 0 heterocycles. The first-order valence-electron chi connectivity index (χ1n) is 7.45. The summed E-state index contributed by atoms with van der Waals surface area (Å²) in [6.07, 6.45) is -1.32. The van der Waals surface area contributed by atoms with Crippen LogP contribution in [0.1, 0.15) is 13.8 Å². The molecule has 0 atom stereocenters. The molecule has 0 unspecified atom stereocenters. The van der Waals surface area contributed by atoms with Crippen LogP contribution in [-0.2, 0) is 9.47 Å². The quantitative estimate of drug-likeness (QED) is 0.398. The minimum Gasteiger partial charge on any atom is -0.450 e. The lowest BCUT2D eigenvalue weighted by atomic mass is 10.3. The van der Waals surface area contributed by atoms with Gasteiger partial charge in [-0.25, -0.2) is 14.4 Å². The number of rotatable bonds is 7. The maximum Gasteiger partial charge on any atom is 0.513 e. The van der Waals surface area contributed by atoms with E-state index in [-0.39, 0.29) is 26.3 Å². The molecular weight excluding hydrogens is 318 g/mol. The summed E-state index contributed by atoms with van der Waals surface area (Å²) in [5.41, 5.74) is 0.516. The molecule has 9 heteroatoms. The van der Waals surface area contributed by atoms with Crippen molar-refractivity contribution < 1.29 is 28.6 Å². The minimum atomic E-state index is -0.787. The molecule has 9 nitrogen and oxygen atoms in total. The maximum atomic E-state index is 11.7. The zero-order valence-electron chi connectivity index (χ0n) is 13.6. The highest BCUT2D eigenvalue weighted by atomic mass is 16.7. The van der Waals surface area contributed by atoms with Gasteiger partial charge >= 0.3 is 18.3 Å². The Kier molecular flexibility index (Phi) is 8.51. The van der Waals surface area contributed by atoms with Crippen LogP contribution in [0.15, 0.2) is 24.3 Å². The number of anilines is 1. The van der Waals surface area contributed by atoms with Crippen LogP contribution in [0.3, 0.4) is 0 Å². The molecule has 0 aliphatic carbocycles. The first-order valence-corrected chi connectivity index (χ1v) is 7.45. The lowest BCUT2D eigenvalue weighted by Crippen LogP contribution is -2.37. The first-order chi connectivity index (χ1) is 11.5. The number of carbonyl (C=O) groups is 3. The summed E-state index contributed by atoms with van der Waals surface area (Å²) in [4.78, 5) is 33.8. The van der Waals surface area contributed by atoms with Crippen molar-refractivity contribution in [2.24, 2.45) is 0 Å². The summed E-state index contributed by atoms with van der Waals surface area (Å²) in [7, 11) is 0. The molecular formula is C15H21N3O6. The van der Waals surface area contributed by atoms with Gasteiger partial charge in [-0.15, -0.1) is 0 Å². The zero-order chi connectivity index (χ0) is 17.8. The van der Waals surface area contributed by atoms with E-state index in [0.29, 0.717) is 11.4 Å². The van der Waals surface area contributed by atoms with Crippen LogP contribution >= 0.6 is 0 Å². The average molecular weight is 339 g/mol. The van der Waals surface area contributed by atoms with E-state index < -0.39 is 18.3 Å². The number of carbonyl (C=O) groups excluding carboxylic acids is 3. The average Bonchev–Trinajstić information content (AvgIpc) is 2.54. The summed E-state index contributed by atoms with van der Waals surface area (Å²) in [6.45, 7) is 4.38. The van der Waals surface area contributed by atoms with Crippen LogP contribution in [0.5, 0.6) is 5.75 Å². The van der Waals surface area contributed by atoms with Gasteiger partial charge in [0.1, 0.15) is 5.75 Å². The molecule has 0 saturated carbocycles. The number of alkyl carbamates (subject to hydrolysis) is 1. The fraction of sp³-hybridized carbons (Fsp3) is 0.400. The third kappa shape index (κ3) is 7.87. The number of amides is 3. The molecule has 3 amide bonds. The number of hydrogen-bond acceptors (Lipinski definition) is 6. The molecule has 0 radical (unpaired) electrons. The van der Waals surface area contributed by atoms with E-state index in [1.54, 1.807) is 26.0 Å². The van der Waals surface area contributed by atoms with Gasteiger partial charge in [0.15, 0.2) is 0 Å². The van der Waals surface area contributed by atoms with Crippen molar-refractivity contribution in [3.8, 4) is 5.75 Å². The number of ether oxygens (including phenoxy) is 3. The number of benzene rings is 1. The summed E-state index contributed by atoms with van der Waals surface area (Å²) in [5.74, 6) is 0.304. The Morgan fingerprint density at radius 1 is 0.917 bits per heavy atom. The van der Waals surface area contributed by atoms with Crippen molar-refractivity contribution in [1.29, 1.82) is 0 Å². The highest BCUT2D eigenvalue weighted by Gasteiger charge is 2.06. The standard InChI is InChI=1S/C15H21N3O6/c1-3-22-14(20)17-10-9-16-13(19)18-11-5-7-12(8-6-11)24-15(21)23-4-2/h5-8H,3-4,9-10H2,1-2H3,(H,17,20)(H2,16,18,19). The maximum absolute atomic E-state index is 11.7. The normalized spacial score (nSPS) is 9.58. The first kappa shape index (κ1) is 19.1. The van der Waals surface area contributed by atoms with Crippen LogP contribution in [0.4, 0.5) is 20.1 Å². The molecule has 0 bridgehead atoms. The molecule has 0 aromatic heterocycles. The summed E-state index contributed by atoms with van der Waals surface area (Å²) >= 11 is 0. The predicted octanol–water partition coefficient (Wildman–Crippen LogP) is 2.09. The molecule has 3 N–H and O–H groups in total. The van der Waals surface area contributed by atoms with Gasteiger partial charge < -0.3 is 30.2 Å². The third-order valence-electron chi connectivity index (χ3n) is 2.53. The number of hydrogen-bond donors (Lipinski definition) is 3. The summed E-state index contributed by atoms with van der Waals surface area (Å²) < 4.78 is 14.2. The Balaban J connectivity index is 2.29.